The molecule has 5 heteroatoms. The number of carbonyl (C=O) groups excluding carboxylic acids is 1. The third-order valence-corrected chi connectivity index (χ3v) is 5.57. The van der Waals surface area contributed by atoms with Crippen molar-refractivity contribution in [3.05, 3.63) is 59.7 Å². The zero-order valence-electron chi connectivity index (χ0n) is 18.8. The first-order valence-corrected chi connectivity index (χ1v) is 10.9. The second kappa shape index (κ2) is 10.1. The molecule has 1 saturated heterocycles. The number of hydrogen-bond acceptors (Lipinski definition) is 4. The Morgan fingerprint density at radius 2 is 1.67 bits per heavy atom. The Hall–Kier alpha value is -2.37. The number of hydrogen-bond donors (Lipinski definition) is 1. The summed E-state index contributed by atoms with van der Waals surface area (Å²) in [5, 5.41) is 3.03. The van der Waals surface area contributed by atoms with Crippen LogP contribution in [0.1, 0.15) is 38.8 Å². The Morgan fingerprint density at radius 1 is 1.03 bits per heavy atom. The van der Waals surface area contributed by atoms with E-state index in [9.17, 15) is 4.79 Å². The SMILES string of the molecule is CCN(CC(=O)Nc1ccc(N2CCOCC2)cc1)Cc1ccc(C(C)(C)C)cc1. The summed E-state index contributed by atoms with van der Waals surface area (Å²) >= 11 is 0. The molecule has 0 aliphatic carbocycles. The summed E-state index contributed by atoms with van der Waals surface area (Å²) < 4.78 is 5.40. The summed E-state index contributed by atoms with van der Waals surface area (Å²) in [6, 6.07) is 16.8. The van der Waals surface area contributed by atoms with Crippen molar-refractivity contribution in [2.75, 3.05) is 49.6 Å². The second-order valence-electron chi connectivity index (χ2n) is 8.94. The van der Waals surface area contributed by atoms with Crippen LogP contribution in [0.25, 0.3) is 0 Å². The molecule has 162 valence electrons. The molecule has 0 saturated carbocycles. The number of nitrogens with one attached hydrogen (secondary N) is 1. The van der Waals surface area contributed by atoms with Crippen molar-refractivity contribution in [3.8, 4) is 0 Å². The number of morpholine rings is 1. The fraction of sp³-hybridized carbons (Fsp3) is 0.480. The van der Waals surface area contributed by atoms with E-state index < -0.39 is 0 Å². The lowest BCUT2D eigenvalue weighted by atomic mass is 9.87. The van der Waals surface area contributed by atoms with Gasteiger partial charge in [0, 0.05) is 31.0 Å². The van der Waals surface area contributed by atoms with Gasteiger partial charge in [0.05, 0.1) is 19.8 Å². The number of nitrogens with zero attached hydrogens (tertiary/aromatic N) is 2. The molecule has 1 N–H and O–H groups in total. The van der Waals surface area contributed by atoms with Crippen molar-refractivity contribution in [1.29, 1.82) is 0 Å². The minimum absolute atomic E-state index is 0.0160. The zero-order valence-corrected chi connectivity index (χ0v) is 18.8. The molecule has 2 aromatic carbocycles. The monoisotopic (exact) mass is 409 g/mol. The fourth-order valence-electron chi connectivity index (χ4n) is 3.63. The maximum atomic E-state index is 12.6. The molecule has 30 heavy (non-hydrogen) atoms. The molecule has 1 aliphatic heterocycles. The van der Waals surface area contributed by atoms with E-state index >= 15 is 0 Å². The number of amides is 1. The van der Waals surface area contributed by atoms with Crippen molar-refractivity contribution in [3.63, 3.8) is 0 Å². The van der Waals surface area contributed by atoms with Gasteiger partial charge in [-0.05, 0) is 47.4 Å². The number of benzene rings is 2. The molecule has 1 aliphatic rings. The van der Waals surface area contributed by atoms with E-state index in [1.807, 2.05) is 12.1 Å². The third-order valence-electron chi connectivity index (χ3n) is 5.57. The third kappa shape index (κ3) is 6.31. The highest BCUT2D eigenvalue weighted by Crippen LogP contribution is 2.23. The summed E-state index contributed by atoms with van der Waals surface area (Å²) in [5.41, 5.74) is 4.72. The standard InChI is InChI=1S/C25H35N3O2/c1-5-27(18-20-6-8-21(9-7-20)25(2,3)4)19-24(29)26-22-10-12-23(13-11-22)28-14-16-30-17-15-28/h6-13H,5,14-19H2,1-4H3,(H,26,29). The topological polar surface area (TPSA) is 44.8 Å². The molecule has 0 unspecified atom stereocenters. The summed E-state index contributed by atoms with van der Waals surface area (Å²) in [6.07, 6.45) is 0. The van der Waals surface area contributed by atoms with E-state index in [1.165, 1.54) is 16.8 Å². The van der Waals surface area contributed by atoms with Crippen LogP contribution in [0.3, 0.4) is 0 Å². The van der Waals surface area contributed by atoms with Gasteiger partial charge < -0.3 is 15.0 Å². The van der Waals surface area contributed by atoms with Gasteiger partial charge in [0.15, 0.2) is 0 Å². The fourth-order valence-corrected chi connectivity index (χ4v) is 3.63. The highest BCUT2D eigenvalue weighted by atomic mass is 16.5. The Labute approximate surface area is 181 Å². The average Bonchev–Trinajstić information content (AvgIpc) is 2.74. The molecule has 3 rings (SSSR count). The van der Waals surface area contributed by atoms with Crippen LogP contribution in [0.4, 0.5) is 11.4 Å². The Balaban J connectivity index is 1.52. The van der Waals surface area contributed by atoms with E-state index in [-0.39, 0.29) is 11.3 Å². The van der Waals surface area contributed by atoms with Crippen LogP contribution in [-0.4, -0.2) is 50.2 Å². The quantitative estimate of drug-likeness (QED) is 0.741. The van der Waals surface area contributed by atoms with Gasteiger partial charge in [-0.15, -0.1) is 0 Å². The highest BCUT2D eigenvalue weighted by Gasteiger charge is 2.15. The number of ether oxygens (including phenoxy) is 1. The molecule has 1 amide bonds. The van der Waals surface area contributed by atoms with Gasteiger partial charge in [-0.25, -0.2) is 0 Å². The zero-order chi connectivity index (χ0) is 21.6. The molecule has 5 nitrogen and oxygen atoms in total. The van der Waals surface area contributed by atoms with Crippen molar-refractivity contribution in [2.45, 2.75) is 39.7 Å². The van der Waals surface area contributed by atoms with Crippen LogP contribution in [0, 0.1) is 0 Å². The van der Waals surface area contributed by atoms with E-state index in [4.69, 9.17) is 4.74 Å². The molecular formula is C25H35N3O2. The lowest BCUT2D eigenvalue weighted by molar-refractivity contribution is -0.117. The summed E-state index contributed by atoms with van der Waals surface area (Å²) in [5.74, 6) is 0.0160. The molecule has 0 aromatic heterocycles. The van der Waals surface area contributed by atoms with Crippen LogP contribution < -0.4 is 10.2 Å². The average molecular weight is 410 g/mol. The van der Waals surface area contributed by atoms with Crippen molar-refractivity contribution in [2.24, 2.45) is 0 Å². The first kappa shape index (κ1) is 22.3. The van der Waals surface area contributed by atoms with Crippen LogP contribution >= 0.6 is 0 Å². The summed E-state index contributed by atoms with van der Waals surface area (Å²) in [7, 11) is 0. The Bertz CT molecular complexity index is 804. The number of likely N-dealkylation sites (N-methyl/N-ethyl adjacent to an activating group) is 1. The van der Waals surface area contributed by atoms with Crippen molar-refractivity contribution >= 4 is 17.3 Å². The predicted molar refractivity (Wildman–Crippen MR) is 124 cm³/mol. The van der Waals surface area contributed by atoms with Gasteiger partial charge in [-0.2, -0.15) is 0 Å². The van der Waals surface area contributed by atoms with Crippen LogP contribution in [0.2, 0.25) is 0 Å². The lowest BCUT2D eigenvalue weighted by Crippen LogP contribution is -2.36. The number of rotatable bonds is 7. The molecule has 1 heterocycles. The molecule has 0 radical (unpaired) electrons. The first-order chi connectivity index (χ1) is 14.3. The van der Waals surface area contributed by atoms with Crippen LogP contribution in [-0.2, 0) is 21.5 Å². The molecule has 0 bridgehead atoms. The molecule has 0 spiro atoms. The van der Waals surface area contributed by atoms with Gasteiger partial charge in [0.2, 0.25) is 5.91 Å². The van der Waals surface area contributed by atoms with Gasteiger partial charge in [0.1, 0.15) is 0 Å². The minimum atomic E-state index is 0.0160. The second-order valence-corrected chi connectivity index (χ2v) is 8.94. The number of carbonyl (C=O) groups is 1. The summed E-state index contributed by atoms with van der Waals surface area (Å²) in [6.45, 7) is 14.1. The van der Waals surface area contributed by atoms with Crippen molar-refractivity contribution < 1.29 is 9.53 Å². The summed E-state index contributed by atoms with van der Waals surface area (Å²) in [4.78, 5) is 17.0. The van der Waals surface area contributed by atoms with E-state index in [0.29, 0.717) is 6.54 Å². The number of anilines is 2. The largest absolute Gasteiger partial charge is 0.378 e. The van der Waals surface area contributed by atoms with Gasteiger partial charge in [0.25, 0.3) is 0 Å². The van der Waals surface area contributed by atoms with E-state index in [1.54, 1.807) is 0 Å². The van der Waals surface area contributed by atoms with Gasteiger partial charge >= 0.3 is 0 Å². The smallest absolute Gasteiger partial charge is 0.238 e. The lowest BCUT2D eigenvalue weighted by Gasteiger charge is -2.29. The van der Waals surface area contributed by atoms with Crippen LogP contribution in [0.15, 0.2) is 48.5 Å². The molecule has 1 fully saturated rings. The molecule has 0 atom stereocenters. The Morgan fingerprint density at radius 3 is 2.23 bits per heavy atom. The Kier molecular flexibility index (Phi) is 7.51. The van der Waals surface area contributed by atoms with Crippen molar-refractivity contribution in [1.82, 2.24) is 4.90 Å². The maximum Gasteiger partial charge on any atom is 0.238 e. The van der Waals surface area contributed by atoms with Crippen LogP contribution in [0.5, 0.6) is 0 Å². The maximum absolute atomic E-state index is 12.6. The predicted octanol–water partition coefficient (Wildman–Crippen LogP) is 4.28. The minimum Gasteiger partial charge on any atom is -0.378 e. The normalized spacial score (nSPS) is 14.8. The van der Waals surface area contributed by atoms with Gasteiger partial charge in [-0.1, -0.05) is 52.0 Å². The molecular weight excluding hydrogens is 374 g/mol. The molecule has 2 aromatic rings. The van der Waals surface area contributed by atoms with Gasteiger partial charge in [-0.3, -0.25) is 9.69 Å². The van der Waals surface area contributed by atoms with E-state index in [0.717, 1.165) is 45.1 Å². The highest BCUT2D eigenvalue weighted by molar-refractivity contribution is 5.92. The van der Waals surface area contributed by atoms with E-state index in [2.05, 4.69) is 79.2 Å². The first-order valence-electron chi connectivity index (χ1n) is 10.9.